The topological polar surface area (TPSA) is 144 Å². The van der Waals surface area contributed by atoms with E-state index >= 15 is 0 Å². The smallest absolute Gasteiger partial charge is 0.410 e. The van der Waals surface area contributed by atoms with Crippen molar-refractivity contribution in [2.24, 2.45) is 5.92 Å². The SMILES string of the molecule is COc1cc(C(=O)N2CCN(C(=O)OC(C)(C)C)C3CC3C2)cc(OC)c1S(=O)(=O)Nc1noc2c1CC1(CC1)c1ccc(N3CCC3)cc1-2. The molecule has 0 bridgehead atoms. The summed E-state index contributed by atoms with van der Waals surface area (Å²) in [5.41, 5.74) is 3.57. The van der Waals surface area contributed by atoms with Crippen LogP contribution in [-0.4, -0.2) is 94.0 Å². The first-order valence-corrected chi connectivity index (χ1v) is 18.8. The van der Waals surface area contributed by atoms with E-state index in [0.717, 1.165) is 55.6 Å². The van der Waals surface area contributed by atoms with E-state index in [2.05, 4.69) is 33.0 Å². The molecule has 50 heavy (non-hydrogen) atoms. The Kier molecular flexibility index (Phi) is 7.55. The van der Waals surface area contributed by atoms with Crippen molar-refractivity contribution in [1.29, 1.82) is 0 Å². The van der Waals surface area contributed by atoms with Crippen molar-refractivity contribution < 1.29 is 36.7 Å². The number of methoxy groups -OCH3 is 2. The van der Waals surface area contributed by atoms with Gasteiger partial charge in [-0.25, -0.2) is 13.2 Å². The predicted molar refractivity (Wildman–Crippen MR) is 184 cm³/mol. The van der Waals surface area contributed by atoms with Crippen molar-refractivity contribution in [2.75, 3.05) is 56.6 Å². The maximum atomic E-state index is 14.1. The Labute approximate surface area is 291 Å². The molecule has 3 aromatic rings. The van der Waals surface area contributed by atoms with Gasteiger partial charge in [-0.05, 0) is 88.6 Å². The van der Waals surface area contributed by atoms with Gasteiger partial charge in [0, 0.05) is 66.6 Å². The van der Waals surface area contributed by atoms with Gasteiger partial charge in [0.15, 0.2) is 16.5 Å². The number of sulfonamides is 1. The number of carbonyl (C=O) groups excluding carboxylic acids is 2. The van der Waals surface area contributed by atoms with Gasteiger partial charge in [-0.2, -0.15) is 0 Å². The highest BCUT2D eigenvalue weighted by Gasteiger charge is 2.51. The summed E-state index contributed by atoms with van der Waals surface area (Å²) in [6.45, 7) is 8.61. The predicted octanol–water partition coefficient (Wildman–Crippen LogP) is 5.04. The van der Waals surface area contributed by atoms with Crippen LogP contribution in [0.2, 0.25) is 0 Å². The molecular formula is C36H43N5O8S. The Hall–Kier alpha value is -4.46. The maximum Gasteiger partial charge on any atom is 0.410 e. The standard InChI is InChI=1S/C36H43N5O8S/c1-35(2,3)48-34(43)41-14-13-40(20-22-15-27(22)41)33(42)21-16-28(46-4)31(29(17-21)47-5)50(44,45)38-32-25-19-36(9-10-36)26-8-7-23(39-11-6-12-39)18-24(26)30(25)49-37-32/h7-8,16-18,22,27H,6,9-15,19-20H2,1-5H3,(H,37,38). The van der Waals surface area contributed by atoms with Crippen LogP contribution in [0, 0.1) is 5.92 Å². The number of fused-ring (bicyclic) bond motifs is 5. The van der Waals surface area contributed by atoms with E-state index in [0.29, 0.717) is 31.8 Å². The molecule has 2 unspecified atom stereocenters. The van der Waals surface area contributed by atoms with E-state index in [9.17, 15) is 18.0 Å². The van der Waals surface area contributed by atoms with Crippen molar-refractivity contribution in [1.82, 2.24) is 15.0 Å². The third kappa shape index (κ3) is 5.61. The van der Waals surface area contributed by atoms with E-state index in [-0.39, 0.29) is 57.2 Å². The maximum absolute atomic E-state index is 14.1. The number of hydrogen-bond acceptors (Lipinski definition) is 10. The molecule has 2 saturated carbocycles. The first-order valence-electron chi connectivity index (χ1n) is 17.3. The van der Waals surface area contributed by atoms with Crippen LogP contribution in [0.25, 0.3) is 11.3 Å². The van der Waals surface area contributed by atoms with Crippen LogP contribution in [0.5, 0.6) is 11.5 Å². The van der Waals surface area contributed by atoms with E-state index in [1.54, 1.807) is 9.80 Å². The molecule has 2 aromatic carbocycles. The first-order chi connectivity index (χ1) is 23.8. The number of amides is 2. The van der Waals surface area contributed by atoms with E-state index in [1.807, 2.05) is 20.8 Å². The van der Waals surface area contributed by atoms with Gasteiger partial charge in [-0.1, -0.05) is 11.2 Å². The molecule has 3 aliphatic carbocycles. The van der Waals surface area contributed by atoms with Crippen LogP contribution in [0.4, 0.5) is 16.3 Å². The lowest BCUT2D eigenvalue weighted by Gasteiger charge is -2.34. The van der Waals surface area contributed by atoms with Gasteiger partial charge >= 0.3 is 6.09 Å². The van der Waals surface area contributed by atoms with Crippen molar-refractivity contribution in [2.45, 2.75) is 74.8 Å². The number of benzene rings is 2. The van der Waals surface area contributed by atoms with Gasteiger partial charge in [0.25, 0.3) is 15.9 Å². The van der Waals surface area contributed by atoms with Gasteiger partial charge in [0.05, 0.1) is 14.2 Å². The molecule has 1 N–H and O–H groups in total. The number of nitrogens with one attached hydrogen (secondary N) is 1. The summed E-state index contributed by atoms with van der Waals surface area (Å²) < 4.78 is 53.6. The molecule has 2 atom stereocenters. The molecule has 2 amide bonds. The highest BCUT2D eigenvalue weighted by Crippen LogP contribution is 2.59. The number of aromatic nitrogens is 1. The normalized spacial score (nSPS) is 21.7. The second kappa shape index (κ2) is 11.5. The number of hydrogen-bond donors (Lipinski definition) is 1. The lowest BCUT2D eigenvalue weighted by atomic mass is 9.79. The lowest BCUT2D eigenvalue weighted by Crippen LogP contribution is -2.41. The quantitative estimate of drug-likeness (QED) is 0.355. The third-order valence-corrected chi connectivity index (χ3v) is 12.1. The summed E-state index contributed by atoms with van der Waals surface area (Å²) in [4.78, 5) is 32.2. The van der Waals surface area contributed by atoms with Crippen molar-refractivity contribution in [3.63, 3.8) is 0 Å². The monoisotopic (exact) mass is 705 g/mol. The molecule has 13 nitrogen and oxygen atoms in total. The summed E-state index contributed by atoms with van der Waals surface area (Å²) in [7, 11) is -1.63. The minimum atomic E-state index is -4.33. The molecule has 5 aliphatic rings. The zero-order chi connectivity index (χ0) is 35.2. The van der Waals surface area contributed by atoms with Gasteiger partial charge in [0.2, 0.25) is 0 Å². The number of carbonyl (C=O) groups is 2. The van der Waals surface area contributed by atoms with Crippen LogP contribution in [-0.2, 0) is 26.6 Å². The van der Waals surface area contributed by atoms with Crippen LogP contribution in [0.1, 0.15) is 67.9 Å². The van der Waals surface area contributed by atoms with Crippen molar-refractivity contribution in [3.05, 3.63) is 47.0 Å². The molecule has 2 saturated heterocycles. The average Bonchev–Trinajstić information content (AvgIpc) is 3.95. The van der Waals surface area contributed by atoms with E-state index < -0.39 is 15.6 Å². The van der Waals surface area contributed by atoms with Gasteiger partial charge in [0.1, 0.15) is 17.1 Å². The first kappa shape index (κ1) is 32.7. The molecule has 266 valence electrons. The summed E-state index contributed by atoms with van der Waals surface area (Å²) in [5, 5.41) is 4.23. The molecule has 14 heteroatoms. The molecule has 1 spiro atoms. The number of nitrogens with zero attached hydrogens (tertiary/aromatic N) is 4. The highest BCUT2D eigenvalue weighted by molar-refractivity contribution is 7.93. The lowest BCUT2D eigenvalue weighted by molar-refractivity contribution is 0.0227. The van der Waals surface area contributed by atoms with Gasteiger partial charge in [-0.3, -0.25) is 9.52 Å². The van der Waals surface area contributed by atoms with Crippen molar-refractivity contribution >= 4 is 33.5 Å². The Morgan fingerprint density at radius 3 is 2.36 bits per heavy atom. The van der Waals surface area contributed by atoms with Crippen LogP contribution in [0.15, 0.2) is 39.8 Å². The Bertz CT molecular complexity index is 1970. The molecule has 1 aromatic heterocycles. The molecule has 8 rings (SSSR count). The van der Waals surface area contributed by atoms with Gasteiger partial charge in [-0.15, -0.1) is 0 Å². The highest BCUT2D eigenvalue weighted by atomic mass is 32.2. The Balaban J connectivity index is 1.06. The Morgan fingerprint density at radius 1 is 1.02 bits per heavy atom. The number of rotatable bonds is 7. The number of anilines is 2. The fourth-order valence-electron chi connectivity index (χ4n) is 7.69. The summed E-state index contributed by atoms with van der Waals surface area (Å²) in [5.74, 6) is 0.447. The summed E-state index contributed by atoms with van der Waals surface area (Å²) in [6, 6.07) is 9.37. The van der Waals surface area contributed by atoms with Crippen molar-refractivity contribution in [3.8, 4) is 22.8 Å². The van der Waals surface area contributed by atoms with Crippen LogP contribution >= 0.6 is 0 Å². The summed E-state index contributed by atoms with van der Waals surface area (Å²) >= 11 is 0. The fourth-order valence-corrected chi connectivity index (χ4v) is 9.02. The van der Waals surface area contributed by atoms with Gasteiger partial charge < -0.3 is 33.4 Å². The second-order valence-electron chi connectivity index (χ2n) is 15.2. The molecule has 0 radical (unpaired) electrons. The second-order valence-corrected chi connectivity index (χ2v) is 16.8. The zero-order valence-corrected chi connectivity index (χ0v) is 29.9. The van der Waals surface area contributed by atoms with Crippen LogP contribution < -0.4 is 19.1 Å². The fraction of sp³-hybridized carbons (Fsp3) is 0.528. The largest absolute Gasteiger partial charge is 0.495 e. The summed E-state index contributed by atoms with van der Waals surface area (Å²) in [6.07, 6.45) is 4.20. The molecule has 4 fully saturated rings. The average molecular weight is 706 g/mol. The minimum Gasteiger partial charge on any atom is -0.495 e. The van der Waals surface area contributed by atoms with E-state index in [1.165, 1.54) is 31.9 Å². The third-order valence-electron chi connectivity index (χ3n) is 10.7. The minimum absolute atomic E-state index is 0.0263. The zero-order valence-electron chi connectivity index (χ0n) is 29.1. The van der Waals surface area contributed by atoms with Crippen LogP contribution in [0.3, 0.4) is 0 Å². The Morgan fingerprint density at radius 2 is 1.74 bits per heavy atom. The number of ether oxygens (including phenoxy) is 3. The molecular weight excluding hydrogens is 662 g/mol. The van der Waals surface area contributed by atoms with E-state index in [4.69, 9.17) is 18.7 Å². The molecule has 3 heterocycles. The molecule has 2 aliphatic heterocycles.